The zero-order chi connectivity index (χ0) is 19.2. The number of halogens is 1. The molecule has 5 nitrogen and oxygen atoms in total. The van der Waals surface area contributed by atoms with Crippen molar-refractivity contribution in [1.82, 2.24) is 4.98 Å². The van der Waals surface area contributed by atoms with Gasteiger partial charge in [-0.1, -0.05) is 11.6 Å². The van der Waals surface area contributed by atoms with E-state index in [4.69, 9.17) is 16.3 Å². The number of nitrogens with one attached hydrogen (secondary N) is 1. The molecule has 0 saturated carbocycles. The summed E-state index contributed by atoms with van der Waals surface area (Å²) in [6, 6.07) is 9.39. The van der Waals surface area contributed by atoms with Gasteiger partial charge in [0.25, 0.3) is 0 Å². The number of aryl methyl sites for hydroxylation is 1. The number of aromatic nitrogens is 1. The lowest BCUT2D eigenvalue weighted by Crippen LogP contribution is -2.36. The van der Waals surface area contributed by atoms with Crippen LogP contribution in [0.2, 0.25) is 5.02 Å². The highest BCUT2D eigenvalue weighted by molar-refractivity contribution is 6.32. The Morgan fingerprint density at radius 3 is 3.00 bits per heavy atom. The number of carbonyl (C=O) groups excluding carboxylic acids is 1. The second-order valence-electron chi connectivity index (χ2n) is 7.03. The fraction of sp³-hybridized carbons (Fsp3) is 0.429. The second kappa shape index (κ2) is 9.09. The maximum atomic E-state index is 12.4. The number of nitrogens with zero attached hydrogens (tertiary/aromatic N) is 2. The molecule has 2 heterocycles. The predicted octanol–water partition coefficient (Wildman–Crippen LogP) is 4.69. The maximum Gasteiger partial charge on any atom is 0.224 e. The van der Waals surface area contributed by atoms with Crippen LogP contribution in [0.4, 0.5) is 11.5 Å². The van der Waals surface area contributed by atoms with E-state index in [9.17, 15) is 4.79 Å². The number of amides is 1. The largest absolute Gasteiger partial charge is 0.497 e. The summed E-state index contributed by atoms with van der Waals surface area (Å²) in [5.74, 6) is 2.17. The minimum atomic E-state index is 0.0521. The SMILES string of the molecule is COc1ccc(NC(=O)CC[C@H]2CCCN(c3ncccc3Cl)C2)c(C)c1. The van der Waals surface area contributed by atoms with Crippen LogP contribution in [0.3, 0.4) is 0 Å². The monoisotopic (exact) mass is 387 g/mol. The Morgan fingerprint density at radius 1 is 1.41 bits per heavy atom. The highest BCUT2D eigenvalue weighted by Gasteiger charge is 2.23. The Kier molecular flexibility index (Phi) is 6.56. The third-order valence-corrected chi connectivity index (χ3v) is 5.34. The van der Waals surface area contributed by atoms with Crippen LogP contribution in [-0.2, 0) is 4.79 Å². The molecule has 6 heteroatoms. The first-order valence-corrected chi connectivity index (χ1v) is 9.74. The van der Waals surface area contributed by atoms with Gasteiger partial charge in [-0.05, 0) is 68.0 Å². The van der Waals surface area contributed by atoms with Crippen LogP contribution in [0.25, 0.3) is 0 Å². The van der Waals surface area contributed by atoms with Crippen LogP contribution in [0.15, 0.2) is 36.5 Å². The van der Waals surface area contributed by atoms with Gasteiger partial charge in [0.1, 0.15) is 11.6 Å². The number of anilines is 2. The molecule has 1 N–H and O–H groups in total. The van der Waals surface area contributed by atoms with Crippen molar-refractivity contribution in [2.75, 3.05) is 30.4 Å². The average Bonchev–Trinajstić information content (AvgIpc) is 2.68. The summed E-state index contributed by atoms with van der Waals surface area (Å²) in [4.78, 5) is 19.0. The molecule has 27 heavy (non-hydrogen) atoms. The van der Waals surface area contributed by atoms with Crippen LogP contribution in [-0.4, -0.2) is 31.1 Å². The molecule has 144 valence electrons. The predicted molar refractivity (Wildman–Crippen MR) is 110 cm³/mol. The van der Waals surface area contributed by atoms with Gasteiger partial charge in [0.2, 0.25) is 5.91 Å². The third-order valence-electron chi connectivity index (χ3n) is 5.04. The lowest BCUT2D eigenvalue weighted by atomic mass is 9.93. The molecular formula is C21H26ClN3O2. The van der Waals surface area contributed by atoms with Crippen molar-refractivity contribution in [3.8, 4) is 5.75 Å². The summed E-state index contributed by atoms with van der Waals surface area (Å²) >= 11 is 6.28. The highest BCUT2D eigenvalue weighted by Crippen LogP contribution is 2.29. The van der Waals surface area contributed by atoms with Gasteiger partial charge in [-0.25, -0.2) is 4.98 Å². The van der Waals surface area contributed by atoms with Gasteiger partial charge in [0, 0.05) is 31.4 Å². The molecular weight excluding hydrogens is 362 g/mol. The van der Waals surface area contributed by atoms with Gasteiger partial charge in [0.15, 0.2) is 0 Å². The minimum absolute atomic E-state index is 0.0521. The van der Waals surface area contributed by atoms with E-state index in [1.165, 1.54) is 0 Å². The first-order chi connectivity index (χ1) is 13.1. The van der Waals surface area contributed by atoms with Gasteiger partial charge in [-0.2, -0.15) is 0 Å². The molecule has 1 aromatic heterocycles. The summed E-state index contributed by atoms with van der Waals surface area (Å²) in [5, 5.41) is 3.70. The Morgan fingerprint density at radius 2 is 2.26 bits per heavy atom. The molecule has 0 bridgehead atoms. The molecule has 0 aliphatic carbocycles. The van der Waals surface area contributed by atoms with Crippen molar-refractivity contribution in [3.63, 3.8) is 0 Å². The lowest BCUT2D eigenvalue weighted by molar-refractivity contribution is -0.116. The molecule has 1 amide bonds. The molecule has 1 atom stereocenters. The number of hydrogen-bond donors (Lipinski definition) is 1. The van der Waals surface area contributed by atoms with E-state index in [2.05, 4.69) is 15.2 Å². The summed E-state index contributed by atoms with van der Waals surface area (Å²) in [6.45, 7) is 3.82. The first-order valence-electron chi connectivity index (χ1n) is 9.37. The Hall–Kier alpha value is -2.27. The van der Waals surface area contributed by atoms with E-state index in [1.54, 1.807) is 13.3 Å². The van der Waals surface area contributed by atoms with Crippen molar-refractivity contribution in [2.45, 2.75) is 32.6 Å². The fourth-order valence-electron chi connectivity index (χ4n) is 3.55. The van der Waals surface area contributed by atoms with Crippen LogP contribution in [0, 0.1) is 12.8 Å². The molecule has 2 aromatic rings. The van der Waals surface area contributed by atoms with Gasteiger partial charge in [-0.15, -0.1) is 0 Å². The summed E-state index contributed by atoms with van der Waals surface area (Å²) in [6.07, 6.45) is 5.38. The van der Waals surface area contributed by atoms with E-state index < -0.39 is 0 Å². The number of rotatable bonds is 6. The van der Waals surface area contributed by atoms with Gasteiger partial charge in [-0.3, -0.25) is 4.79 Å². The van der Waals surface area contributed by atoms with Crippen LogP contribution in [0.1, 0.15) is 31.2 Å². The molecule has 1 fully saturated rings. The van der Waals surface area contributed by atoms with E-state index in [1.807, 2.05) is 37.3 Å². The number of piperidine rings is 1. The van der Waals surface area contributed by atoms with Crippen molar-refractivity contribution in [3.05, 3.63) is 47.1 Å². The molecule has 0 spiro atoms. The zero-order valence-electron chi connectivity index (χ0n) is 15.9. The van der Waals surface area contributed by atoms with Gasteiger partial charge >= 0.3 is 0 Å². The van der Waals surface area contributed by atoms with Crippen molar-refractivity contribution >= 4 is 29.0 Å². The molecule has 0 radical (unpaired) electrons. The molecule has 1 aliphatic rings. The average molecular weight is 388 g/mol. The Bertz CT molecular complexity index is 797. The molecule has 0 unspecified atom stereocenters. The third kappa shape index (κ3) is 5.13. The molecule has 1 saturated heterocycles. The summed E-state index contributed by atoms with van der Waals surface area (Å²) in [7, 11) is 1.64. The minimum Gasteiger partial charge on any atom is -0.497 e. The van der Waals surface area contributed by atoms with Crippen LogP contribution < -0.4 is 15.0 Å². The van der Waals surface area contributed by atoms with E-state index in [0.29, 0.717) is 17.4 Å². The zero-order valence-corrected chi connectivity index (χ0v) is 16.6. The van der Waals surface area contributed by atoms with Crippen molar-refractivity contribution in [2.24, 2.45) is 5.92 Å². The van der Waals surface area contributed by atoms with Gasteiger partial charge < -0.3 is 15.0 Å². The number of methoxy groups -OCH3 is 1. The second-order valence-corrected chi connectivity index (χ2v) is 7.44. The van der Waals surface area contributed by atoms with Crippen molar-refractivity contribution in [1.29, 1.82) is 0 Å². The molecule has 3 rings (SSSR count). The Balaban J connectivity index is 1.52. The smallest absolute Gasteiger partial charge is 0.224 e. The summed E-state index contributed by atoms with van der Waals surface area (Å²) in [5.41, 5.74) is 1.84. The fourth-order valence-corrected chi connectivity index (χ4v) is 3.80. The normalized spacial score (nSPS) is 16.9. The Labute approximate surface area is 165 Å². The highest BCUT2D eigenvalue weighted by atomic mass is 35.5. The topological polar surface area (TPSA) is 54.5 Å². The summed E-state index contributed by atoms with van der Waals surface area (Å²) < 4.78 is 5.20. The van der Waals surface area contributed by atoms with Crippen LogP contribution >= 0.6 is 11.6 Å². The molecule has 1 aromatic carbocycles. The van der Waals surface area contributed by atoms with E-state index >= 15 is 0 Å². The van der Waals surface area contributed by atoms with E-state index in [-0.39, 0.29) is 5.91 Å². The van der Waals surface area contributed by atoms with Crippen LogP contribution in [0.5, 0.6) is 5.75 Å². The number of pyridine rings is 1. The lowest BCUT2D eigenvalue weighted by Gasteiger charge is -2.34. The molecule has 1 aliphatic heterocycles. The number of hydrogen-bond acceptors (Lipinski definition) is 4. The number of ether oxygens (including phenoxy) is 1. The van der Waals surface area contributed by atoms with Gasteiger partial charge in [0.05, 0.1) is 12.1 Å². The number of benzene rings is 1. The van der Waals surface area contributed by atoms with E-state index in [0.717, 1.165) is 55.2 Å². The number of carbonyl (C=O) groups is 1. The first kappa shape index (κ1) is 19.5. The quantitative estimate of drug-likeness (QED) is 0.781. The maximum absolute atomic E-state index is 12.4. The standard InChI is InChI=1S/C21H26ClN3O2/c1-15-13-17(27-2)8-9-19(15)24-20(26)10-7-16-5-4-12-25(14-16)21-18(22)6-3-11-23-21/h3,6,8-9,11,13,16H,4-5,7,10,12,14H2,1-2H3,(H,24,26)/t16-/m1/s1. The van der Waals surface area contributed by atoms with Crippen molar-refractivity contribution < 1.29 is 9.53 Å².